The number of hydrogen-bond acceptors (Lipinski definition) is 3. The van der Waals surface area contributed by atoms with Gasteiger partial charge in [0.1, 0.15) is 0 Å². The fourth-order valence-electron chi connectivity index (χ4n) is 2.51. The van der Waals surface area contributed by atoms with Crippen molar-refractivity contribution in [3.8, 4) is 0 Å². The van der Waals surface area contributed by atoms with Gasteiger partial charge in [0.2, 0.25) is 0 Å². The van der Waals surface area contributed by atoms with Crippen LogP contribution in [0.5, 0.6) is 0 Å². The van der Waals surface area contributed by atoms with E-state index in [4.69, 9.17) is 10.5 Å². The zero-order chi connectivity index (χ0) is 16.8. The minimum Gasteiger partial charge on any atom is -0.366 e. The van der Waals surface area contributed by atoms with Crippen LogP contribution < -0.4 is 5.73 Å². The molecule has 0 rings (SSSR count). The summed E-state index contributed by atoms with van der Waals surface area (Å²) in [6.07, 6.45) is 4.75. The third-order valence-corrected chi connectivity index (χ3v) is 4.67. The molecule has 0 saturated heterocycles. The van der Waals surface area contributed by atoms with Gasteiger partial charge in [-0.1, -0.05) is 38.5 Å². The lowest BCUT2D eigenvalue weighted by Crippen LogP contribution is -2.49. The van der Waals surface area contributed by atoms with Crippen LogP contribution in [0.3, 0.4) is 0 Å². The highest BCUT2D eigenvalue weighted by molar-refractivity contribution is 4.98. The van der Waals surface area contributed by atoms with E-state index in [1.54, 1.807) is 0 Å². The molecule has 0 spiro atoms. The van der Waals surface area contributed by atoms with Crippen molar-refractivity contribution in [2.75, 3.05) is 0 Å². The zero-order valence-electron chi connectivity index (χ0n) is 14.9. The molecule has 0 aliphatic carbocycles. The topological polar surface area (TPSA) is 55.5 Å². The van der Waals surface area contributed by atoms with Gasteiger partial charge in [0.15, 0.2) is 6.29 Å². The summed E-state index contributed by atoms with van der Waals surface area (Å²) in [6.45, 7) is 18.5. The Labute approximate surface area is 131 Å². The SMILES string of the molecule is C=CC(N)C(O)OC(C)(C)C(C)(C)CC(C)C/C(C)=C/C. The molecule has 0 bridgehead atoms. The summed E-state index contributed by atoms with van der Waals surface area (Å²) in [7, 11) is 0. The number of ether oxygens (including phenoxy) is 1. The van der Waals surface area contributed by atoms with E-state index in [0.29, 0.717) is 5.92 Å². The first-order chi connectivity index (χ1) is 9.46. The molecule has 0 amide bonds. The first-order valence-corrected chi connectivity index (χ1v) is 7.82. The Hall–Kier alpha value is -0.640. The van der Waals surface area contributed by atoms with Crippen LogP contribution >= 0.6 is 0 Å². The summed E-state index contributed by atoms with van der Waals surface area (Å²) in [5.74, 6) is 0.560. The lowest BCUT2D eigenvalue weighted by Gasteiger charge is -2.44. The Morgan fingerprint density at radius 1 is 1.33 bits per heavy atom. The molecule has 0 fully saturated rings. The Kier molecular flexibility index (Phi) is 7.87. The lowest BCUT2D eigenvalue weighted by atomic mass is 9.70. The Morgan fingerprint density at radius 3 is 2.29 bits per heavy atom. The molecule has 0 radical (unpaired) electrons. The van der Waals surface area contributed by atoms with Crippen molar-refractivity contribution in [3.63, 3.8) is 0 Å². The first-order valence-electron chi connectivity index (χ1n) is 7.82. The van der Waals surface area contributed by atoms with Gasteiger partial charge < -0.3 is 15.6 Å². The summed E-state index contributed by atoms with van der Waals surface area (Å²) < 4.78 is 5.83. The van der Waals surface area contributed by atoms with E-state index in [-0.39, 0.29) is 5.41 Å². The molecule has 0 aromatic heterocycles. The molecular formula is C18H35NO2. The number of aliphatic hydroxyl groups is 1. The normalized spacial score (nSPS) is 18.2. The smallest absolute Gasteiger partial charge is 0.174 e. The Morgan fingerprint density at radius 2 is 1.86 bits per heavy atom. The fraction of sp³-hybridized carbons (Fsp3) is 0.778. The first kappa shape index (κ1) is 20.4. The second-order valence-corrected chi connectivity index (χ2v) is 7.36. The summed E-state index contributed by atoms with van der Waals surface area (Å²) in [4.78, 5) is 0. The summed E-state index contributed by atoms with van der Waals surface area (Å²) in [5, 5.41) is 10.0. The standard InChI is InChI=1S/C18H35NO2/c1-9-13(3)11-14(4)12-17(5,6)18(7,8)21-16(20)15(19)10-2/h9-10,14-16,20H,2,11-12,19H2,1,3-8H3/b13-9+. The number of nitrogens with two attached hydrogens (primary N) is 1. The van der Waals surface area contributed by atoms with Crippen molar-refractivity contribution in [2.24, 2.45) is 17.1 Å². The minimum absolute atomic E-state index is 0.0810. The van der Waals surface area contributed by atoms with Crippen molar-refractivity contribution in [2.45, 2.75) is 79.2 Å². The van der Waals surface area contributed by atoms with Crippen molar-refractivity contribution in [1.82, 2.24) is 0 Å². The van der Waals surface area contributed by atoms with Gasteiger partial charge in [0.25, 0.3) is 0 Å². The van der Waals surface area contributed by atoms with Crippen LogP contribution in [-0.2, 0) is 4.74 Å². The Bertz CT molecular complexity index is 358. The maximum atomic E-state index is 10.0. The zero-order valence-corrected chi connectivity index (χ0v) is 14.9. The molecule has 3 atom stereocenters. The predicted octanol–water partition coefficient (Wildman–Crippen LogP) is 4.02. The van der Waals surface area contributed by atoms with Gasteiger partial charge in [0, 0.05) is 0 Å². The molecule has 3 heteroatoms. The highest BCUT2D eigenvalue weighted by Gasteiger charge is 2.40. The second kappa shape index (κ2) is 8.11. The quantitative estimate of drug-likeness (QED) is 0.499. The Balaban J connectivity index is 4.82. The molecule has 21 heavy (non-hydrogen) atoms. The molecule has 3 nitrogen and oxygen atoms in total. The van der Waals surface area contributed by atoms with Gasteiger partial charge in [-0.05, 0) is 51.9 Å². The molecule has 0 aliphatic heterocycles. The van der Waals surface area contributed by atoms with Crippen molar-refractivity contribution in [1.29, 1.82) is 0 Å². The number of allylic oxidation sites excluding steroid dienone is 2. The van der Waals surface area contributed by atoms with Crippen molar-refractivity contribution >= 4 is 0 Å². The van der Waals surface area contributed by atoms with Gasteiger partial charge in [-0.2, -0.15) is 0 Å². The van der Waals surface area contributed by atoms with E-state index in [0.717, 1.165) is 12.8 Å². The number of rotatable bonds is 9. The molecule has 124 valence electrons. The third kappa shape index (κ3) is 6.33. The van der Waals surface area contributed by atoms with Gasteiger partial charge in [0.05, 0.1) is 11.6 Å². The van der Waals surface area contributed by atoms with Gasteiger partial charge in [-0.25, -0.2) is 0 Å². The summed E-state index contributed by atoms with van der Waals surface area (Å²) in [6, 6.07) is -0.567. The van der Waals surface area contributed by atoms with Crippen LogP contribution in [-0.4, -0.2) is 23.0 Å². The number of aliphatic hydroxyl groups excluding tert-OH is 1. The van der Waals surface area contributed by atoms with Crippen LogP contribution in [0.4, 0.5) is 0 Å². The average Bonchev–Trinajstić information content (AvgIpc) is 2.35. The van der Waals surface area contributed by atoms with Crippen LogP contribution in [0.15, 0.2) is 24.3 Å². The van der Waals surface area contributed by atoms with Crippen LogP contribution in [0, 0.1) is 11.3 Å². The maximum Gasteiger partial charge on any atom is 0.174 e. The molecular weight excluding hydrogens is 262 g/mol. The molecule has 0 saturated carbocycles. The molecule has 3 N–H and O–H groups in total. The van der Waals surface area contributed by atoms with Gasteiger partial charge in [-0.3, -0.25) is 0 Å². The molecule has 0 aliphatic rings. The summed E-state index contributed by atoms with van der Waals surface area (Å²) >= 11 is 0. The van der Waals surface area contributed by atoms with E-state index >= 15 is 0 Å². The van der Waals surface area contributed by atoms with E-state index in [2.05, 4.69) is 47.3 Å². The molecule has 0 aromatic rings. The predicted molar refractivity (Wildman–Crippen MR) is 91.0 cm³/mol. The van der Waals surface area contributed by atoms with Crippen molar-refractivity contribution < 1.29 is 9.84 Å². The molecule has 3 unspecified atom stereocenters. The van der Waals surface area contributed by atoms with Crippen molar-refractivity contribution in [3.05, 3.63) is 24.3 Å². The molecule has 0 aromatic carbocycles. The minimum atomic E-state index is -1.02. The highest BCUT2D eigenvalue weighted by atomic mass is 16.6. The van der Waals surface area contributed by atoms with E-state index in [1.807, 2.05) is 13.8 Å². The maximum absolute atomic E-state index is 10.0. The van der Waals surface area contributed by atoms with E-state index < -0.39 is 17.9 Å². The largest absolute Gasteiger partial charge is 0.366 e. The van der Waals surface area contributed by atoms with Gasteiger partial charge in [-0.15, -0.1) is 6.58 Å². The second-order valence-electron chi connectivity index (χ2n) is 7.36. The van der Waals surface area contributed by atoms with E-state index in [1.165, 1.54) is 11.6 Å². The van der Waals surface area contributed by atoms with Crippen LogP contribution in [0.1, 0.15) is 61.3 Å². The highest BCUT2D eigenvalue weighted by Crippen LogP contribution is 2.41. The monoisotopic (exact) mass is 297 g/mol. The van der Waals surface area contributed by atoms with E-state index in [9.17, 15) is 5.11 Å². The third-order valence-electron chi connectivity index (χ3n) is 4.67. The average molecular weight is 297 g/mol. The summed E-state index contributed by atoms with van der Waals surface area (Å²) in [5.41, 5.74) is 6.60. The molecule has 0 heterocycles. The van der Waals surface area contributed by atoms with Crippen LogP contribution in [0.25, 0.3) is 0 Å². The fourth-order valence-corrected chi connectivity index (χ4v) is 2.51. The van der Waals surface area contributed by atoms with Gasteiger partial charge >= 0.3 is 0 Å². The lowest BCUT2D eigenvalue weighted by molar-refractivity contribution is -0.216. The van der Waals surface area contributed by atoms with Crippen LogP contribution in [0.2, 0.25) is 0 Å². The number of hydrogen-bond donors (Lipinski definition) is 2.